The second-order valence-electron chi connectivity index (χ2n) is 6.13. The van der Waals surface area contributed by atoms with Gasteiger partial charge >= 0.3 is 5.97 Å². The van der Waals surface area contributed by atoms with E-state index in [-0.39, 0.29) is 37.9 Å². The Hall–Kier alpha value is -1.18. The van der Waals surface area contributed by atoms with Gasteiger partial charge in [-0.2, -0.15) is 0 Å². The smallest absolute Gasteiger partial charge is 0.335 e. The normalized spacial score (nSPS) is 26.5. The summed E-state index contributed by atoms with van der Waals surface area (Å²) < 4.78 is 11.2. The summed E-state index contributed by atoms with van der Waals surface area (Å²) in [6.45, 7) is 3.31. The number of carboxylic acids is 1. The molecule has 2 unspecified atom stereocenters. The fourth-order valence-electron chi connectivity index (χ4n) is 2.83. The second-order valence-corrected chi connectivity index (χ2v) is 6.13. The molecular weight excluding hydrogens is 290 g/mol. The van der Waals surface area contributed by atoms with E-state index < -0.39 is 17.7 Å². The summed E-state index contributed by atoms with van der Waals surface area (Å²) in [5, 5.41) is 18.8. The van der Waals surface area contributed by atoms with Crippen LogP contribution in [0, 0.1) is 0 Å². The molecule has 2 aliphatic heterocycles. The van der Waals surface area contributed by atoms with Crippen LogP contribution in [0.25, 0.3) is 0 Å². The molecule has 0 radical (unpaired) electrons. The highest BCUT2D eigenvalue weighted by molar-refractivity contribution is 5.82. The minimum Gasteiger partial charge on any atom is -0.479 e. The van der Waals surface area contributed by atoms with E-state index >= 15 is 0 Å². The largest absolute Gasteiger partial charge is 0.479 e. The standard InChI is InChI=1S/C15H25NO6/c1-11(22-10-12-4-2-3-9-21-12)13(17)16-7-5-15(20,6-8-16)14(18)19/h11-12,20H,2-10H2,1H3,(H,18,19). The lowest BCUT2D eigenvalue weighted by atomic mass is 9.91. The molecule has 1 amide bonds. The summed E-state index contributed by atoms with van der Waals surface area (Å²) in [6.07, 6.45) is 2.72. The molecule has 2 heterocycles. The number of carbonyl (C=O) groups is 2. The highest BCUT2D eigenvalue weighted by Crippen LogP contribution is 2.23. The third-order valence-electron chi connectivity index (χ3n) is 4.45. The van der Waals surface area contributed by atoms with Gasteiger partial charge in [-0.15, -0.1) is 0 Å². The van der Waals surface area contributed by atoms with Crippen molar-refractivity contribution in [1.82, 2.24) is 4.90 Å². The molecule has 2 rings (SSSR count). The minimum atomic E-state index is -1.71. The van der Waals surface area contributed by atoms with E-state index in [0.29, 0.717) is 6.61 Å². The fraction of sp³-hybridized carbons (Fsp3) is 0.867. The number of rotatable bonds is 5. The summed E-state index contributed by atoms with van der Waals surface area (Å²) in [5.41, 5.74) is -1.71. The minimum absolute atomic E-state index is 0.0481. The number of nitrogens with zero attached hydrogens (tertiary/aromatic N) is 1. The average molecular weight is 315 g/mol. The Balaban J connectivity index is 1.75. The molecule has 0 saturated carbocycles. The highest BCUT2D eigenvalue weighted by Gasteiger charge is 2.41. The number of carboxylic acid groups (broad SMARTS) is 1. The van der Waals surface area contributed by atoms with Gasteiger partial charge in [0, 0.05) is 32.5 Å². The molecule has 0 aliphatic carbocycles. The number of hydrogen-bond donors (Lipinski definition) is 2. The van der Waals surface area contributed by atoms with Crippen LogP contribution in [0.1, 0.15) is 39.0 Å². The maximum absolute atomic E-state index is 12.3. The van der Waals surface area contributed by atoms with Crippen LogP contribution in [-0.2, 0) is 19.1 Å². The van der Waals surface area contributed by atoms with Crippen molar-refractivity contribution in [3.63, 3.8) is 0 Å². The molecule has 2 aliphatic rings. The van der Waals surface area contributed by atoms with Gasteiger partial charge in [-0.1, -0.05) is 0 Å². The molecule has 0 spiro atoms. The molecule has 22 heavy (non-hydrogen) atoms. The summed E-state index contributed by atoms with van der Waals surface area (Å²) in [6, 6.07) is 0. The predicted octanol–water partition coefficient (Wildman–Crippen LogP) is 0.399. The fourth-order valence-corrected chi connectivity index (χ4v) is 2.83. The first-order chi connectivity index (χ1) is 10.4. The number of hydrogen-bond acceptors (Lipinski definition) is 5. The van der Waals surface area contributed by atoms with Gasteiger partial charge in [0.15, 0.2) is 5.60 Å². The zero-order valence-electron chi connectivity index (χ0n) is 13.0. The molecule has 0 aromatic rings. The van der Waals surface area contributed by atoms with Crippen LogP contribution >= 0.6 is 0 Å². The SMILES string of the molecule is CC(OCC1CCCCO1)C(=O)N1CCC(O)(C(=O)O)CC1. The van der Waals surface area contributed by atoms with Crippen LogP contribution in [0.15, 0.2) is 0 Å². The van der Waals surface area contributed by atoms with Crippen molar-refractivity contribution < 1.29 is 29.3 Å². The zero-order chi connectivity index (χ0) is 16.2. The van der Waals surface area contributed by atoms with Gasteiger partial charge in [0.2, 0.25) is 0 Å². The molecule has 7 heteroatoms. The third-order valence-corrected chi connectivity index (χ3v) is 4.45. The van der Waals surface area contributed by atoms with E-state index in [0.717, 1.165) is 25.9 Å². The first-order valence-electron chi connectivity index (χ1n) is 7.90. The Morgan fingerprint density at radius 1 is 1.36 bits per heavy atom. The van der Waals surface area contributed by atoms with Gasteiger partial charge in [0.25, 0.3) is 5.91 Å². The van der Waals surface area contributed by atoms with Crippen molar-refractivity contribution in [2.75, 3.05) is 26.3 Å². The number of amides is 1. The van der Waals surface area contributed by atoms with E-state index in [2.05, 4.69) is 0 Å². The van der Waals surface area contributed by atoms with Crippen molar-refractivity contribution in [3.8, 4) is 0 Å². The van der Waals surface area contributed by atoms with Crippen molar-refractivity contribution in [2.24, 2.45) is 0 Å². The lowest BCUT2D eigenvalue weighted by Crippen LogP contribution is -2.52. The Kier molecular flexibility index (Phi) is 5.77. The van der Waals surface area contributed by atoms with Crippen LogP contribution in [0.4, 0.5) is 0 Å². The van der Waals surface area contributed by atoms with Crippen LogP contribution in [0.5, 0.6) is 0 Å². The molecule has 2 atom stereocenters. The molecule has 126 valence electrons. The van der Waals surface area contributed by atoms with E-state index in [1.165, 1.54) is 0 Å². The summed E-state index contributed by atoms with van der Waals surface area (Å²) in [7, 11) is 0. The van der Waals surface area contributed by atoms with Gasteiger partial charge in [-0.25, -0.2) is 4.79 Å². The van der Waals surface area contributed by atoms with E-state index in [4.69, 9.17) is 14.6 Å². The monoisotopic (exact) mass is 315 g/mol. The van der Waals surface area contributed by atoms with Gasteiger partial charge in [0.05, 0.1) is 12.7 Å². The summed E-state index contributed by atoms with van der Waals surface area (Å²) in [4.78, 5) is 24.8. The first kappa shape index (κ1) is 17.2. The van der Waals surface area contributed by atoms with Gasteiger partial charge in [-0.3, -0.25) is 4.79 Å². The Morgan fingerprint density at radius 2 is 2.05 bits per heavy atom. The van der Waals surface area contributed by atoms with Crippen LogP contribution in [0.3, 0.4) is 0 Å². The number of ether oxygens (including phenoxy) is 2. The summed E-state index contributed by atoms with van der Waals surface area (Å²) in [5.74, 6) is -1.39. The number of aliphatic hydroxyl groups is 1. The van der Waals surface area contributed by atoms with E-state index in [1.807, 2.05) is 0 Å². The molecule has 2 saturated heterocycles. The van der Waals surface area contributed by atoms with Gasteiger partial charge < -0.3 is 24.6 Å². The second kappa shape index (κ2) is 7.39. The molecule has 0 aromatic carbocycles. The molecular formula is C15H25NO6. The number of likely N-dealkylation sites (tertiary alicyclic amines) is 1. The quantitative estimate of drug-likeness (QED) is 0.762. The zero-order valence-corrected chi connectivity index (χ0v) is 13.0. The lowest BCUT2D eigenvalue weighted by molar-refractivity contribution is -0.167. The topological polar surface area (TPSA) is 96.3 Å². The molecule has 0 bridgehead atoms. The van der Waals surface area contributed by atoms with Crippen molar-refractivity contribution in [2.45, 2.75) is 56.8 Å². The van der Waals surface area contributed by atoms with Gasteiger partial charge in [-0.05, 0) is 26.2 Å². The maximum Gasteiger partial charge on any atom is 0.335 e. The van der Waals surface area contributed by atoms with Crippen molar-refractivity contribution in [1.29, 1.82) is 0 Å². The van der Waals surface area contributed by atoms with E-state index in [9.17, 15) is 14.7 Å². The molecule has 2 N–H and O–H groups in total. The Labute approximate surface area is 130 Å². The van der Waals surface area contributed by atoms with E-state index in [1.54, 1.807) is 11.8 Å². The number of piperidine rings is 1. The first-order valence-corrected chi connectivity index (χ1v) is 7.90. The molecule has 7 nitrogen and oxygen atoms in total. The van der Waals surface area contributed by atoms with Crippen LogP contribution in [-0.4, -0.2) is 71.1 Å². The number of aliphatic carboxylic acids is 1. The lowest BCUT2D eigenvalue weighted by Gasteiger charge is -2.36. The maximum atomic E-state index is 12.3. The highest BCUT2D eigenvalue weighted by atomic mass is 16.5. The van der Waals surface area contributed by atoms with Crippen molar-refractivity contribution in [3.05, 3.63) is 0 Å². The van der Waals surface area contributed by atoms with Crippen LogP contribution in [0.2, 0.25) is 0 Å². The summed E-state index contributed by atoms with van der Waals surface area (Å²) >= 11 is 0. The van der Waals surface area contributed by atoms with Crippen molar-refractivity contribution >= 4 is 11.9 Å². The predicted molar refractivity (Wildman–Crippen MR) is 77.4 cm³/mol. The average Bonchev–Trinajstić information content (AvgIpc) is 2.53. The van der Waals surface area contributed by atoms with Crippen LogP contribution < -0.4 is 0 Å². The van der Waals surface area contributed by atoms with Gasteiger partial charge in [0.1, 0.15) is 6.10 Å². The Morgan fingerprint density at radius 3 is 2.59 bits per heavy atom. The number of carbonyl (C=O) groups excluding carboxylic acids is 1. The molecule has 0 aromatic heterocycles. The third kappa shape index (κ3) is 4.18. The molecule has 2 fully saturated rings. The Bertz CT molecular complexity index is 399.